The monoisotopic (exact) mass is 326 g/mol. The van der Waals surface area contributed by atoms with Crippen molar-refractivity contribution in [1.82, 2.24) is 15.2 Å². The molecule has 0 unspecified atom stereocenters. The number of halogens is 1. The van der Waals surface area contributed by atoms with Crippen LogP contribution in [0.5, 0.6) is 0 Å². The third-order valence-corrected chi connectivity index (χ3v) is 4.68. The van der Waals surface area contributed by atoms with Crippen LogP contribution in [-0.4, -0.2) is 31.9 Å². The largest absolute Gasteiger partial charge is 0.388 e. The molecule has 0 aromatic carbocycles. The van der Waals surface area contributed by atoms with Crippen molar-refractivity contribution in [2.24, 2.45) is 0 Å². The molecule has 0 amide bonds. The molecule has 104 valence electrons. The van der Waals surface area contributed by atoms with Gasteiger partial charge in [0.25, 0.3) is 0 Å². The van der Waals surface area contributed by atoms with E-state index in [9.17, 15) is 5.11 Å². The summed E-state index contributed by atoms with van der Waals surface area (Å²) in [7, 11) is 0. The van der Waals surface area contributed by atoms with Gasteiger partial charge in [-0.25, -0.2) is 4.98 Å². The van der Waals surface area contributed by atoms with Gasteiger partial charge in [-0.3, -0.25) is 0 Å². The Morgan fingerprint density at radius 3 is 2.74 bits per heavy atom. The van der Waals surface area contributed by atoms with Crippen molar-refractivity contribution in [3.63, 3.8) is 0 Å². The highest BCUT2D eigenvalue weighted by atomic mass is 79.9. The molecule has 5 nitrogen and oxygen atoms in total. The van der Waals surface area contributed by atoms with Crippen molar-refractivity contribution in [1.29, 1.82) is 0 Å². The molecule has 2 N–H and O–H groups in total. The number of rotatable bonds is 3. The summed E-state index contributed by atoms with van der Waals surface area (Å²) in [4.78, 5) is 4.55. The first-order chi connectivity index (χ1) is 9.06. The van der Waals surface area contributed by atoms with Crippen molar-refractivity contribution in [3.8, 4) is 0 Å². The molecule has 0 radical (unpaired) electrons. The maximum atomic E-state index is 10.4. The van der Waals surface area contributed by atoms with Crippen molar-refractivity contribution < 1.29 is 5.11 Å². The quantitative estimate of drug-likeness (QED) is 0.893. The highest BCUT2D eigenvalue weighted by molar-refractivity contribution is 9.10. The second-order valence-electron chi connectivity index (χ2n) is 5.89. The first-order valence-electron chi connectivity index (χ1n) is 6.95. The fourth-order valence-corrected chi connectivity index (χ4v) is 3.19. The lowest BCUT2D eigenvalue weighted by atomic mass is 9.82. The summed E-state index contributed by atoms with van der Waals surface area (Å²) >= 11 is 3.41. The molecule has 2 fully saturated rings. The fraction of sp³-hybridized carbons (Fsp3) is 0.769. The molecule has 1 aromatic rings. The standard InChI is InChI=1S/C13H19BrN4O/c1-13(19)7-3-2-4-9(13)15-12-16-10(8-5-6-8)11(14)17-18-12/h8-9,19H,2-7H2,1H3,(H,15,16,18)/t9-,13-/m1/s1. The van der Waals surface area contributed by atoms with Gasteiger partial charge in [0.2, 0.25) is 5.95 Å². The van der Waals surface area contributed by atoms with Gasteiger partial charge in [-0.05, 0) is 48.5 Å². The molecule has 3 rings (SSSR count). The molecule has 1 aromatic heterocycles. The van der Waals surface area contributed by atoms with Gasteiger partial charge < -0.3 is 10.4 Å². The van der Waals surface area contributed by atoms with E-state index in [2.05, 4.69) is 36.4 Å². The van der Waals surface area contributed by atoms with E-state index < -0.39 is 5.60 Å². The van der Waals surface area contributed by atoms with E-state index in [1.807, 2.05) is 6.92 Å². The number of aromatic nitrogens is 3. The Labute approximate surface area is 121 Å². The van der Waals surface area contributed by atoms with Gasteiger partial charge in [0, 0.05) is 5.92 Å². The summed E-state index contributed by atoms with van der Waals surface area (Å²) in [5.41, 5.74) is 0.307. The van der Waals surface area contributed by atoms with Gasteiger partial charge in [0.05, 0.1) is 17.3 Å². The molecular weight excluding hydrogens is 308 g/mol. The molecule has 2 aliphatic carbocycles. The number of hydrogen-bond donors (Lipinski definition) is 2. The SMILES string of the molecule is C[C@@]1(O)CCCC[C@H]1Nc1nnc(Br)c(C2CC2)n1. The van der Waals surface area contributed by atoms with Crippen molar-refractivity contribution in [3.05, 3.63) is 10.3 Å². The van der Waals surface area contributed by atoms with E-state index in [0.717, 1.165) is 36.0 Å². The summed E-state index contributed by atoms with van der Waals surface area (Å²) in [5.74, 6) is 1.06. The van der Waals surface area contributed by atoms with Crippen molar-refractivity contribution in [2.75, 3.05) is 5.32 Å². The van der Waals surface area contributed by atoms with E-state index in [4.69, 9.17) is 0 Å². The Morgan fingerprint density at radius 1 is 1.26 bits per heavy atom. The van der Waals surface area contributed by atoms with Crippen LogP contribution in [0.1, 0.15) is 57.1 Å². The Hall–Kier alpha value is -0.750. The zero-order valence-corrected chi connectivity index (χ0v) is 12.7. The Bertz CT molecular complexity index is 476. The highest BCUT2D eigenvalue weighted by Crippen LogP contribution is 2.41. The second-order valence-corrected chi connectivity index (χ2v) is 6.64. The van der Waals surface area contributed by atoms with Crippen molar-refractivity contribution in [2.45, 2.75) is 63.0 Å². The van der Waals surface area contributed by atoms with Gasteiger partial charge in [-0.1, -0.05) is 12.8 Å². The number of hydrogen-bond acceptors (Lipinski definition) is 5. The van der Waals surface area contributed by atoms with Gasteiger partial charge in [0.15, 0.2) is 4.60 Å². The first-order valence-corrected chi connectivity index (χ1v) is 7.74. The van der Waals surface area contributed by atoms with E-state index in [1.165, 1.54) is 12.8 Å². The predicted octanol–water partition coefficient (Wildman–Crippen LogP) is 2.62. The lowest BCUT2D eigenvalue weighted by Gasteiger charge is -2.37. The second kappa shape index (κ2) is 4.98. The maximum absolute atomic E-state index is 10.4. The van der Waals surface area contributed by atoms with E-state index >= 15 is 0 Å². The zero-order chi connectivity index (χ0) is 13.5. The molecule has 2 atom stereocenters. The minimum absolute atomic E-state index is 0.0104. The van der Waals surface area contributed by atoms with Crippen LogP contribution < -0.4 is 5.32 Å². The summed E-state index contributed by atoms with van der Waals surface area (Å²) < 4.78 is 0.746. The summed E-state index contributed by atoms with van der Waals surface area (Å²) in [6.45, 7) is 1.89. The van der Waals surface area contributed by atoms with Gasteiger partial charge in [-0.2, -0.15) is 0 Å². The number of nitrogens with zero attached hydrogens (tertiary/aromatic N) is 3. The number of nitrogens with one attached hydrogen (secondary N) is 1. The van der Waals surface area contributed by atoms with Crippen LogP contribution in [0.25, 0.3) is 0 Å². The minimum atomic E-state index is -0.686. The Balaban J connectivity index is 1.77. The van der Waals surface area contributed by atoms with E-state index in [1.54, 1.807) is 0 Å². The third kappa shape index (κ3) is 2.89. The molecule has 2 aliphatic rings. The normalized spacial score (nSPS) is 31.2. The van der Waals surface area contributed by atoms with Gasteiger partial charge in [0.1, 0.15) is 0 Å². The number of anilines is 1. The van der Waals surface area contributed by atoms with Crippen LogP contribution >= 0.6 is 15.9 Å². The molecule has 19 heavy (non-hydrogen) atoms. The Morgan fingerprint density at radius 2 is 2.05 bits per heavy atom. The highest BCUT2D eigenvalue weighted by Gasteiger charge is 2.35. The predicted molar refractivity (Wildman–Crippen MR) is 76.0 cm³/mol. The number of aliphatic hydroxyl groups is 1. The van der Waals surface area contributed by atoms with Crippen LogP contribution in [0, 0.1) is 0 Å². The van der Waals surface area contributed by atoms with E-state index in [-0.39, 0.29) is 6.04 Å². The van der Waals surface area contributed by atoms with E-state index in [0.29, 0.717) is 11.9 Å². The van der Waals surface area contributed by atoms with Crippen LogP contribution in [0.4, 0.5) is 5.95 Å². The van der Waals surface area contributed by atoms with Crippen LogP contribution in [0.3, 0.4) is 0 Å². The molecule has 1 heterocycles. The average molecular weight is 327 g/mol. The smallest absolute Gasteiger partial charge is 0.243 e. The molecule has 0 saturated heterocycles. The average Bonchev–Trinajstić information content (AvgIpc) is 3.18. The molecule has 0 spiro atoms. The maximum Gasteiger partial charge on any atom is 0.243 e. The van der Waals surface area contributed by atoms with Crippen LogP contribution in [0.15, 0.2) is 4.60 Å². The van der Waals surface area contributed by atoms with Crippen LogP contribution in [-0.2, 0) is 0 Å². The topological polar surface area (TPSA) is 70.9 Å². The fourth-order valence-electron chi connectivity index (χ4n) is 2.70. The van der Waals surface area contributed by atoms with Crippen LogP contribution in [0.2, 0.25) is 0 Å². The van der Waals surface area contributed by atoms with Gasteiger partial charge in [-0.15, -0.1) is 10.2 Å². The summed E-state index contributed by atoms with van der Waals surface area (Å²) in [6, 6.07) is 0.0104. The molecule has 2 saturated carbocycles. The molecule has 0 aliphatic heterocycles. The molecular formula is C13H19BrN4O. The Kier molecular flexibility index (Phi) is 3.47. The molecule has 0 bridgehead atoms. The summed E-state index contributed by atoms with van der Waals surface area (Å²) in [6.07, 6.45) is 6.34. The third-order valence-electron chi connectivity index (χ3n) is 4.11. The van der Waals surface area contributed by atoms with Gasteiger partial charge >= 0.3 is 0 Å². The molecule has 6 heteroatoms. The van der Waals surface area contributed by atoms with Crippen molar-refractivity contribution >= 4 is 21.9 Å². The lowest BCUT2D eigenvalue weighted by Crippen LogP contribution is -2.47. The first kappa shape index (κ1) is 13.2. The zero-order valence-electron chi connectivity index (χ0n) is 11.1. The summed E-state index contributed by atoms with van der Waals surface area (Å²) in [5, 5.41) is 21.9. The minimum Gasteiger partial charge on any atom is -0.388 e. The lowest BCUT2D eigenvalue weighted by molar-refractivity contribution is 0.0103.